The molecule has 25 heavy (non-hydrogen) atoms. The smallest absolute Gasteiger partial charge is 0.316 e. The number of aliphatic hydroxyl groups is 1. The molecule has 1 aliphatic heterocycles. The number of nitrogens with zero attached hydrogens (tertiary/aromatic N) is 6. The molecule has 1 saturated carbocycles. The van der Waals surface area contributed by atoms with Crippen LogP contribution in [0.15, 0.2) is 18.5 Å². The highest BCUT2D eigenvalue weighted by Gasteiger charge is 2.38. The van der Waals surface area contributed by atoms with Gasteiger partial charge < -0.3 is 19.3 Å². The normalized spacial score (nSPS) is 18.4. The molecule has 1 N–H and O–H groups in total. The Morgan fingerprint density at radius 1 is 1.24 bits per heavy atom. The second-order valence-corrected chi connectivity index (χ2v) is 6.57. The van der Waals surface area contributed by atoms with Gasteiger partial charge in [-0.3, -0.25) is 4.79 Å². The number of carbonyl (C=O) groups is 1. The standard InChI is InChI=1S/C16H20N6O3/c23-14(9-16(24)3-1-4-16)21-7-8-22-12(10-21)19-20-13(22)11-25-15-17-5-2-6-18-15/h2,5-6,24H,1,3-4,7-11H2. The Hall–Kier alpha value is -2.55. The molecule has 132 valence electrons. The van der Waals surface area contributed by atoms with Crippen molar-refractivity contribution in [2.45, 2.75) is 51.0 Å². The lowest BCUT2D eigenvalue weighted by molar-refractivity contribution is -0.141. The van der Waals surface area contributed by atoms with Crippen LogP contribution >= 0.6 is 0 Å². The van der Waals surface area contributed by atoms with Crippen LogP contribution in [0.1, 0.15) is 37.3 Å². The van der Waals surface area contributed by atoms with E-state index in [4.69, 9.17) is 4.74 Å². The zero-order chi connectivity index (χ0) is 17.3. The van der Waals surface area contributed by atoms with Crippen LogP contribution in [0.25, 0.3) is 0 Å². The molecule has 4 rings (SSSR count). The van der Waals surface area contributed by atoms with Crippen molar-refractivity contribution < 1.29 is 14.6 Å². The quantitative estimate of drug-likeness (QED) is 0.831. The van der Waals surface area contributed by atoms with Gasteiger partial charge in [0.05, 0.1) is 18.6 Å². The van der Waals surface area contributed by atoms with Gasteiger partial charge in [0, 0.05) is 25.5 Å². The minimum atomic E-state index is -0.795. The molecule has 0 unspecified atom stereocenters. The Morgan fingerprint density at radius 2 is 2.04 bits per heavy atom. The van der Waals surface area contributed by atoms with Crippen molar-refractivity contribution >= 4 is 5.91 Å². The van der Waals surface area contributed by atoms with Gasteiger partial charge in [0.25, 0.3) is 0 Å². The molecule has 1 amide bonds. The summed E-state index contributed by atoms with van der Waals surface area (Å²) in [4.78, 5) is 22.2. The molecule has 2 aromatic rings. The average Bonchev–Trinajstić information content (AvgIpc) is 3.01. The number of hydrogen-bond acceptors (Lipinski definition) is 7. The monoisotopic (exact) mass is 344 g/mol. The van der Waals surface area contributed by atoms with E-state index in [1.165, 1.54) is 0 Å². The van der Waals surface area contributed by atoms with Crippen molar-refractivity contribution in [1.82, 2.24) is 29.6 Å². The summed E-state index contributed by atoms with van der Waals surface area (Å²) in [6.07, 6.45) is 5.84. The first kappa shape index (κ1) is 15.9. The van der Waals surface area contributed by atoms with Gasteiger partial charge in [0.2, 0.25) is 5.91 Å². The summed E-state index contributed by atoms with van der Waals surface area (Å²) < 4.78 is 7.48. The Morgan fingerprint density at radius 3 is 2.76 bits per heavy atom. The molecule has 9 nitrogen and oxygen atoms in total. The number of aromatic nitrogens is 5. The fourth-order valence-corrected chi connectivity index (χ4v) is 3.18. The second-order valence-electron chi connectivity index (χ2n) is 6.57. The van der Waals surface area contributed by atoms with Gasteiger partial charge in [0.1, 0.15) is 0 Å². The molecule has 1 fully saturated rings. The van der Waals surface area contributed by atoms with E-state index >= 15 is 0 Å². The molecule has 0 spiro atoms. The van der Waals surface area contributed by atoms with E-state index in [1.54, 1.807) is 23.4 Å². The highest BCUT2D eigenvalue weighted by Crippen LogP contribution is 2.35. The summed E-state index contributed by atoms with van der Waals surface area (Å²) in [7, 11) is 0. The largest absolute Gasteiger partial charge is 0.455 e. The average molecular weight is 344 g/mol. The number of carbonyl (C=O) groups excluding carboxylic acids is 1. The van der Waals surface area contributed by atoms with Crippen LogP contribution in [0.5, 0.6) is 6.01 Å². The van der Waals surface area contributed by atoms with Crippen LogP contribution in [0.4, 0.5) is 0 Å². The maximum Gasteiger partial charge on any atom is 0.316 e. The summed E-state index contributed by atoms with van der Waals surface area (Å²) in [5.74, 6) is 1.40. The van der Waals surface area contributed by atoms with Crippen molar-refractivity contribution in [2.24, 2.45) is 0 Å². The van der Waals surface area contributed by atoms with Crippen LogP contribution in [0, 0.1) is 0 Å². The molecule has 9 heteroatoms. The molecular formula is C16H20N6O3. The summed E-state index contributed by atoms with van der Waals surface area (Å²) in [6, 6.07) is 2.01. The predicted molar refractivity (Wildman–Crippen MR) is 85.2 cm³/mol. The van der Waals surface area contributed by atoms with E-state index in [0.29, 0.717) is 44.3 Å². The molecule has 0 aromatic carbocycles. The minimum Gasteiger partial charge on any atom is -0.455 e. The maximum absolute atomic E-state index is 12.4. The van der Waals surface area contributed by atoms with Crippen LogP contribution in [-0.2, 0) is 24.5 Å². The van der Waals surface area contributed by atoms with Crippen LogP contribution < -0.4 is 4.74 Å². The molecule has 2 aromatic heterocycles. The zero-order valence-corrected chi connectivity index (χ0v) is 13.8. The molecule has 2 aliphatic rings. The zero-order valence-electron chi connectivity index (χ0n) is 13.8. The van der Waals surface area contributed by atoms with E-state index in [-0.39, 0.29) is 18.9 Å². The second kappa shape index (κ2) is 6.40. The van der Waals surface area contributed by atoms with E-state index in [9.17, 15) is 9.90 Å². The SMILES string of the molecule is O=C(CC1(O)CCC1)N1CCn2c(COc3ncccn3)nnc2C1. The fraction of sp³-hybridized carbons (Fsp3) is 0.562. The number of ether oxygens (including phenoxy) is 1. The Labute approximate surface area is 144 Å². The van der Waals surface area contributed by atoms with Crippen molar-refractivity contribution in [2.75, 3.05) is 6.54 Å². The van der Waals surface area contributed by atoms with Crippen LogP contribution in [0.3, 0.4) is 0 Å². The summed E-state index contributed by atoms with van der Waals surface area (Å²) in [5, 5.41) is 18.5. The van der Waals surface area contributed by atoms with E-state index < -0.39 is 5.60 Å². The van der Waals surface area contributed by atoms with Gasteiger partial charge in [-0.1, -0.05) is 0 Å². The molecule has 3 heterocycles. The lowest BCUT2D eigenvalue weighted by Crippen LogP contribution is -2.45. The Kier molecular flexibility index (Phi) is 4.08. The lowest BCUT2D eigenvalue weighted by atomic mass is 9.77. The van der Waals surface area contributed by atoms with Gasteiger partial charge >= 0.3 is 6.01 Å². The fourth-order valence-electron chi connectivity index (χ4n) is 3.18. The molecule has 0 bridgehead atoms. The van der Waals surface area contributed by atoms with Crippen LogP contribution in [0.2, 0.25) is 0 Å². The first-order valence-corrected chi connectivity index (χ1v) is 8.44. The minimum absolute atomic E-state index is 0.0214. The maximum atomic E-state index is 12.4. The third-order valence-electron chi connectivity index (χ3n) is 4.82. The Bertz CT molecular complexity index is 758. The first-order chi connectivity index (χ1) is 12.1. The number of rotatable bonds is 5. The third-order valence-corrected chi connectivity index (χ3v) is 4.82. The van der Waals surface area contributed by atoms with Gasteiger partial charge in [-0.2, -0.15) is 0 Å². The highest BCUT2D eigenvalue weighted by atomic mass is 16.5. The van der Waals surface area contributed by atoms with Crippen LogP contribution in [-0.4, -0.2) is 52.8 Å². The number of hydrogen-bond donors (Lipinski definition) is 1. The number of fused-ring (bicyclic) bond motifs is 1. The summed E-state index contributed by atoms with van der Waals surface area (Å²) in [5.41, 5.74) is -0.795. The number of amides is 1. The first-order valence-electron chi connectivity index (χ1n) is 8.44. The molecule has 0 atom stereocenters. The summed E-state index contributed by atoms with van der Waals surface area (Å²) in [6.45, 7) is 1.82. The topological polar surface area (TPSA) is 106 Å². The molecule has 1 aliphatic carbocycles. The molecule has 0 saturated heterocycles. The Balaban J connectivity index is 1.37. The summed E-state index contributed by atoms with van der Waals surface area (Å²) >= 11 is 0. The third kappa shape index (κ3) is 3.32. The molecule has 0 radical (unpaired) electrons. The van der Waals surface area contributed by atoms with E-state index in [0.717, 1.165) is 12.2 Å². The van der Waals surface area contributed by atoms with Gasteiger partial charge in [-0.05, 0) is 25.3 Å². The van der Waals surface area contributed by atoms with Gasteiger partial charge in [-0.25, -0.2) is 9.97 Å². The van der Waals surface area contributed by atoms with E-state index in [2.05, 4.69) is 20.2 Å². The molecular weight excluding hydrogens is 324 g/mol. The van der Waals surface area contributed by atoms with Crippen molar-refractivity contribution in [3.8, 4) is 6.01 Å². The highest BCUT2D eigenvalue weighted by molar-refractivity contribution is 5.77. The van der Waals surface area contributed by atoms with Crippen molar-refractivity contribution in [1.29, 1.82) is 0 Å². The van der Waals surface area contributed by atoms with Gasteiger partial charge in [0.15, 0.2) is 18.3 Å². The van der Waals surface area contributed by atoms with Crippen molar-refractivity contribution in [3.63, 3.8) is 0 Å². The van der Waals surface area contributed by atoms with E-state index in [1.807, 2.05) is 4.57 Å². The van der Waals surface area contributed by atoms with Gasteiger partial charge in [-0.15, -0.1) is 10.2 Å². The predicted octanol–water partition coefficient (Wildman–Crippen LogP) is 0.294. The lowest BCUT2D eigenvalue weighted by Gasteiger charge is -2.38. The van der Waals surface area contributed by atoms with Crippen molar-refractivity contribution in [3.05, 3.63) is 30.1 Å².